The number of allylic oxidation sites excluding steroid dienone is 1. The molecule has 2 aliphatic carbocycles. The van der Waals surface area contributed by atoms with E-state index in [1.807, 2.05) is 20.8 Å². The summed E-state index contributed by atoms with van der Waals surface area (Å²) in [6, 6.07) is 0. The van der Waals surface area contributed by atoms with E-state index in [2.05, 4.69) is 10.3 Å². The Morgan fingerprint density at radius 1 is 1.50 bits per heavy atom. The molecule has 24 heavy (non-hydrogen) atoms. The average molecular weight is 354 g/mol. The number of rotatable bonds is 7. The van der Waals surface area contributed by atoms with Crippen LogP contribution in [0.4, 0.5) is 0 Å². The van der Waals surface area contributed by atoms with E-state index in [1.165, 1.54) is 11.8 Å². The van der Waals surface area contributed by atoms with Gasteiger partial charge in [-0.05, 0) is 44.9 Å². The molecule has 1 saturated carbocycles. The first-order valence-corrected chi connectivity index (χ1v) is 9.19. The summed E-state index contributed by atoms with van der Waals surface area (Å²) in [7, 11) is 0. The van der Waals surface area contributed by atoms with Gasteiger partial charge in [0.05, 0.1) is 30.5 Å². The lowest BCUT2D eigenvalue weighted by atomic mass is 9.61. The Morgan fingerprint density at radius 2 is 2.17 bits per heavy atom. The molecule has 7 heteroatoms. The highest BCUT2D eigenvalue weighted by molar-refractivity contribution is 8.03. The molecule has 3 N–H and O–H groups in total. The lowest BCUT2D eigenvalue weighted by molar-refractivity contribution is -0.149. The van der Waals surface area contributed by atoms with Crippen LogP contribution in [-0.4, -0.2) is 52.2 Å². The highest BCUT2D eigenvalue weighted by Gasteiger charge is 2.58. The van der Waals surface area contributed by atoms with E-state index in [0.717, 1.165) is 4.91 Å². The summed E-state index contributed by atoms with van der Waals surface area (Å²) in [5.74, 6) is -1.48. The zero-order chi connectivity index (χ0) is 18.1. The summed E-state index contributed by atoms with van der Waals surface area (Å²) in [6.07, 6.45) is 1.53. The third-order valence-electron chi connectivity index (χ3n) is 4.39. The third kappa shape index (κ3) is 4.00. The van der Waals surface area contributed by atoms with Crippen LogP contribution in [-0.2, 0) is 9.59 Å². The number of aliphatic hydroxyl groups is 1. The Bertz CT molecular complexity index is 578. The van der Waals surface area contributed by atoms with Crippen LogP contribution in [0.1, 0.15) is 34.1 Å². The summed E-state index contributed by atoms with van der Waals surface area (Å²) in [6.45, 7) is 8.30. The Labute approximate surface area is 146 Å². The third-order valence-corrected chi connectivity index (χ3v) is 5.51. The van der Waals surface area contributed by atoms with Gasteiger partial charge in [-0.1, -0.05) is 0 Å². The van der Waals surface area contributed by atoms with Gasteiger partial charge in [0.15, 0.2) is 0 Å². The fourth-order valence-corrected chi connectivity index (χ4v) is 4.45. The van der Waals surface area contributed by atoms with Gasteiger partial charge in [0.2, 0.25) is 0 Å². The SMILES string of the molecule is CC(O)C1C(=O)C2C(C(=O)O)=C(SCCN=CNC(C)(C)C)CC21. The second kappa shape index (κ2) is 7.27. The zero-order valence-electron chi connectivity index (χ0n) is 14.6. The molecule has 0 aliphatic heterocycles. The van der Waals surface area contributed by atoms with Gasteiger partial charge < -0.3 is 15.5 Å². The summed E-state index contributed by atoms with van der Waals surface area (Å²) in [4.78, 5) is 28.7. The average Bonchev–Trinajstić information content (AvgIpc) is 2.75. The van der Waals surface area contributed by atoms with E-state index in [1.54, 1.807) is 13.3 Å². The number of carbonyl (C=O) groups is 2. The molecule has 0 amide bonds. The molecule has 0 saturated heterocycles. The number of hydrogen-bond acceptors (Lipinski definition) is 5. The number of fused-ring (bicyclic) bond motifs is 1. The normalized spacial score (nSPS) is 28.0. The van der Waals surface area contributed by atoms with Crippen LogP contribution >= 0.6 is 11.8 Å². The van der Waals surface area contributed by atoms with Crippen molar-refractivity contribution in [1.82, 2.24) is 5.32 Å². The molecule has 134 valence electrons. The molecule has 2 rings (SSSR count). The lowest BCUT2D eigenvalue weighted by Gasteiger charge is -2.41. The fraction of sp³-hybridized carbons (Fsp3) is 0.706. The number of ketones is 1. The van der Waals surface area contributed by atoms with E-state index in [-0.39, 0.29) is 22.8 Å². The lowest BCUT2D eigenvalue weighted by Crippen LogP contribution is -2.51. The minimum Gasteiger partial charge on any atom is -0.478 e. The second-order valence-electron chi connectivity index (χ2n) is 7.43. The van der Waals surface area contributed by atoms with E-state index in [0.29, 0.717) is 18.7 Å². The number of carboxylic acids is 1. The van der Waals surface area contributed by atoms with Gasteiger partial charge >= 0.3 is 5.97 Å². The highest BCUT2D eigenvalue weighted by atomic mass is 32.2. The van der Waals surface area contributed by atoms with Crippen molar-refractivity contribution in [3.05, 3.63) is 10.5 Å². The molecule has 0 heterocycles. The van der Waals surface area contributed by atoms with Gasteiger partial charge in [0.1, 0.15) is 5.78 Å². The summed E-state index contributed by atoms with van der Waals surface area (Å²) in [5, 5.41) is 22.3. The molecular formula is C17H26N2O4S. The Hall–Kier alpha value is -1.34. The molecule has 0 aromatic carbocycles. The van der Waals surface area contributed by atoms with Crippen molar-refractivity contribution in [3.8, 4) is 0 Å². The number of hydrogen-bond donors (Lipinski definition) is 3. The standard InChI is InChI=1S/C17H26N2O4S/c1-9(20)12-10-7-11(14(16(22)23)13(10)15(12)21)24-6-5-18-8-19-17(2,3)4/h8-10,12-13,20H,5-7H2,1-4H3,(H,18,19)(H,22,23). The van der Waals surface area contributed by atoms with Gasteiger partial charge in [0, 0.05) is 17.2 Å². The summed E-state index contributed by atoms with van der Waals surface area (Å²) < 4.78 is 0. The number of carbonyl (C=O) groups excluding carboxylic acids is 1. The van der Waals surface area contributed by atoms with Gasteiger partial charge in [-0.25, -0.2) is 4.79 Å². The number of aliphatic hydroxyl groups excluding tert-OH is 1. The first kappa shape index (κ1) is 19.0. The molecule has 0 bridgehead atoms. The predicted molar refractivity (Wildman–Crippen MR) is 95.1 cm³/mol. The first-order chi connectivity index (χ1) is 11.1. The van der Waals surface area contributed by atoms with E-state index < -0.39 is 23.9 Å². The number of thioether (sulfide) groups is 1. The molecule has 2 aliphatic rings. The smallest absolute Gasteiger partial charge is 0.333 e. The van der Waals surface area contributed by atoms with Gasteiger partial charge in [-0.2, -0.15) is 0 Å². The fourth-order valence-electron chi connectivity index (χ4n) is 3.33. The van der Waals surface area contributed by atoms with Gasteiger partial charge in [-0.15, -0.1) is 11.8 Å². The Balaban J connectivity index is 1.93. The molecule has 0 aromatic heterocycles. The molecular weight excluding hydrogens is 328 g/mol. The molecule has 0 spiro atoms. The number of aliphatic imine (C=N–C) groups is 1. The molecule has 6 nitrogen and oxygen atoms in total. The van der Waals surface area contributed by atoms with Gasteiger partial charge in [0.25, 0.3) is 0 Å². The molecule has 0 radical (unpaired) electrons. The molecule has 4 unspecified atom stereocenters. The molecule has 0 aromatic rings. The van der Waals surface area contributed by atoms with E-state index in [4.69, 9.17) is 0 Å². The van der Waals surface area contributed by atoms with Crippen LogP contribution in [0.2, 0.25) is 0 Å². The molecule has 1 fully saturated rings. The van der Waals surface area contributed by atoms with Crippen molar-refractivity contribution in [3.63, 3.8) is 0 Å². The van der Waals surface area contributed by atoms with Crippen LogP contribution < -0.4 is 5.32 Å². The van der Waals surface area contributed by atoms with Crippen molar-refractivity contribution in [2.24, 2.45) is 22.7 Å². The quantitative estimate of drug-likeness (QED) is 0.366. The number of aliphatic carboxylic acids is 1. The molecule has 4 atom stereocenters. The summed E-state index contributed by atoms with van der Waals surface area (Å²) in [5.41, 5.74) is 0.208. The maximum Gasteiger partial charge on any atom is 0.333 e. The first-order valence-electron chi connectivity index (χ1n) is 8.20. The highest BCUT2D eigenvalue weighted by Crippen LogP contribution is 2.54. The Kier molecular flexibility index (Phi) is 5.75. The van der Waals surface area contributed by atoms with Crippen LogP contribution in [0.25, 0.3) is 0 Å². The van der Waals surface area contributed by atoms with Crippen molar-refractivity contribution < 1.29 is 19.8 Å². The van der Waals surface area contributed by atoms with E-state index >= 15 is 0 Å². The Morgan fingerprint density at radius 3 is 2.71 bits per heavy atom. The number of nitrogens with zero attached hydrogens (tertiary/aromatic N) is 1. The maximum absolute atomic E-state index is 12.2. The van der Waals surface area contributed by atoms with Gasteiger partial charge in [-0.3, -0.25) is 9.79 Å². The number of carboxylic acid groups (broad SMARTS) is 1. The van der Waals surface area contributed by atoms with Crippen molar-refractivity contribution >= 4 is 29.9 Å². The largest absolute Gasteiger partial charge is 0.478 e. The topological polar surface area (TPSA) is 99.0 Å². The summed E-state index contributed by atoms with van der Waals surface area (Å²) >= 11 is 1.47. The zero-order valence-corrected chi connectivity index (χ0v) is 15.4. The maximum atomic E-state index is 12.2. The van der Waals surface area contributed by atoms with Crippen LogP contribution in [0, 0.1) is 17.8 Å². The van der Waals surface area contributed by atoms with Crippen molar-refractivity contribution in [2.75, 3.05) is 12.3 Å². The number of Topliss-reactive ketones (excluding diaryl/α,β-unsaturated/α-hetero) is 1. The van der Waals surface area contributed by atoms with Crippen LogP contribution in [0.5, 0.6) is 0 Å². The number of nitrogens with one attached hydrogen (secondary N) is 1. The minimum atomic E-state index is -1.01. The van der Waals surface area contributed by atoms with Crippen molar-refractivity contribution in [2.45, 2.75) is 45.8 Å². The van der Waals surface area contributed by atoms with Crippen LogP contribution in [0.15, 0.2) is 15.5 Å². The predicted octanol–water partition coefficient (Wildman–Crippen LogP) is 1.69. The van der Waals surface area contributed by atoms with E-state index in [9.17, 15) is 19.8 Å². The van der Waals surface area contributed by atoms with Crippen molar-refractivity contribution in [1.29, 1.82) is 0 Å². The monoisotopic (exact) mass is 354 g/mol. The second-order valence-corrected chi connectivity index (χ2v) is 8.62. The van der Waals surface area contributed by atoms with Crippen LogP contribution in [0.3, 0.4) is 0 Å². The minimum absolute atomic E-state index is 0.0311.